The highest BCUT2D eigenvalue weighted by atomic mass is 15.0. The number of para-hydroxylation sites is 1. The van der Waals surface area contributed by atoms with Crippen LogP contribution in [0.1, 0.15) is 0 Å². The highest BCUT2D eigenvalue weighted by Crippen LogP contribution is 2.44. The Labute approximate surface area is 318 Å². The van der Waals surface area contributed by atoms with E-state index in [-0.39, 0.29) is 0 Å². The van der Waals surface area contributed by atoms with Gasteiger partial charge in [0.05, 0.1) is 22.4 Å². The van der Waals surface area contributed by atoms with Crippen LogP contribution in [0.15, 0.2) is 200 Å². The molecule has 0 unspecified atom stereocenters. The monoisotopic (exact) mass is 699 g/mol. The van der Waals surface area contributed by atoms with Gasteiger partial charge in [-0.2, -0.15) is 0 Å². The fourth-order valence-electron chi connectivity index (χ4n) is 8.47. The summed E-state index contributed by atoms with van der Waals surface area (Å²) < 4.78 is 2.43. The molecule has 0 fully saturated rings. The molecule has 11 aromatic rings. The van der Waals surface area contributed by atoms with Crippen LogP contribution in [0.25, 0.3) is 105 Å². The Hall–Kier alpha value is -7.36. The van der Waals surface area contributed by atoms with Crippen LogP contribution in [0.3, 0.4) is 0 Å². The van der Waals surface area contributed by atoms with Crippen LogP contribution in [-0.2, 0) is 0 Å². The van der Waals surface area contributed by atoms with Crippen LogP contribution < -0.4 is 0 Å². The zero-order valence-electron chi connectivity index (χ0n) is 29.9. The minimum atomic E-state index is 0.700. The van der Waals surface area contributed by atoms with E-state index in [4.69, 9.17) is 9.97 Å². The Bertz CT molecular complexity index is 3180. The van der Waals surface area contributed by atoms with Gasteiger partial charge in [0.15, 0.2) is 5.82 Å². The Morgan fingerprint density at radius 2 is 0.836 bits per heavy atom. The zero-order chi connectivity index (χ0) is 36.3. The lowest BCUT2D eigenvalue weighted by atomic mass is 9.90. The quantitative estimate of drug-likeness (QED) is 0.167. The molecule has 256 valence electrons. The van der Waals surface area contributed by atoms with Crippen molar-refractivity contribution < 1.29 is 0 Å². The Morgan fingerprint density at radius 1 is 0.309 bits per heavy atom. The molecule has 2 aromatic heterocycles. The average molecular weight is 700 g/mol. The first-order chi connectivity index (χ1) is 27.3. The van der Waals surface area contributed by atoms with E-state index in [1.54, 1.807) is 0 Å². The van der Waals surface area contributed by atoms with Gasteiger partial charge in [-0.05, 0) is 79.8 Å². The lowest BCUT2D eigenvalue weighted by Crippen LogP contribution is -1.99. The van der Waals surface area contributed by atoms with Crippen LogP contribution in [-0.4, -0.2) is 14.5 Å². The van der Waals surface area contributed by atoms with Crippen LogP contribution in [0.2, 0.25) is 0 Å². The smallest absolute Gasteiger partial charge is 0.160 e. The first-order valence-electron chi connectivity index (χ1n) is 18.7. The minimum Gasteiger partial charge on any atom is -0.309 e. The van der Waals surface area contributed by atoms with Crippen molar-refractivity contribution in [3.63, 3.8) is 0 Å². The molecule has 0 N–H and O–H groups in total. The average Bonchev–Trinajstić information content (AvgIpc) is 3.60. The summed E-state index contributed by atoms with van der Waals surface area (Å²) in [6.45, 7) is 0. The molecule has 9 aromatic carbocycles. The SMILES string of the molecule is c1ccc(-c2ccc3c(c2)c2ccccc2n3-c2cc(-c3cc(-c4ccccc4)nc(-c4ccccc4)n3)c3c4ccccc4c4ccccc4c3c2)cc1. The summed E-state index contributed by atoms with van der Waals surface area (Å²) >= 11 is 0. The fourth-order valence-corrected chi connectivity index (χ4v) is 8.47. The van der Waals surface area contributed by atoms with Gasteiger partial charge in [0.25, 0.3) is 0 Å². The molecule has 0 atom stereocenters. The van der Waals surface area contributed by atoms with Crippen LogP contribution >= 0.6 is 0 Å². The molecule has 0 aliphatic carbocycles. The molecule has 3 nitrogen and oxygen atoms in total. The number of aromatic nitrogens is 3. The number of benzene rings is 9. The van der Waals surface area contributed by atoms with Gasteiger partial charge in [0, 0.05) is 33.2 Å². The summed E-state index contributed by atoms with van der Waals surface area (Å²) in [5.74, 6) is 0.700. The zero-order valence-corrected chi connectivity index (χ0v) is 29.9. The molecule has 0 aliphatic heterocycles. The van der Waals surface area contributed by atoms with Crippen molar-refractivity contribution in [3.8, 4) is 50.7 Å². The van der Waals surface area contributed by atoms with Gasteiger partial charge in [0.2, 0.25) is 0 Å². The minimum absolute atomic E-state index is 0.700. The van der Waals surface area contributed by atoms with Crippen molar-refractivity contribution in [1.82, 2.24) is 14.5 Å². The van der Waals surface area contributed by atoms with Gasteiger partial charge in [-0.3, -0.25) is 0 Å². The van der Waals surface area contributed by atoms with E-state index in [1.165, 1.54) is 54.2 Å². The Morgan fingerprint density at radius 3 is 1.55 bits per heavy atom. The number of hydrogen-bond acceptors (Lipinski definition) is 2. The third-order valence-electron chi connectivity index (χ3n) is 11.0. The van der Waals surface area contributed by atoms with Gasteiger partial charge in [0.1, 0.15) is 0 Å². The predicted molar refractivity (Wildman–Crippen MR) is 231 cm³/mol. The van der Waals surface area contributed by atoms with E-state index in [2.05, 4.69) is 193 Å². The van der Waals surface area contributed by atoms with Gasteiger partial charge < -0.3 is 4.57 Å². The predicted octanol–water partition coefficient (Wildman–Crippen LogP) is 13.7. The van der Waals surface area contributed by atoms with E-state index in [0.29, 0.717) is 5.82 Å². The number of rotatable bonds is 5. The van der Waals surface area contributed by atoms with E-state index in [0.717, 1.165) is 44.8 Å². The molecule has 0 spiro atoms. The molecule has 55 heavy (non-hydrogen) atoms. The van der Waals surface area contributed by atoms with Gasteiger partial charge in [-0.25, -0.2) is 9.97 Å². The van der Waals surface area contributed by atoms with Crippen molar-refractivity contribution >= 4 is 54.1 Å². The topological polar surface area (TPSA) is 30.7 Å². The van der Waals surface area contributed by atoms with E-state index in [1.807, 2.05) is 12.1 Å². The van der Waals surface area contributed by atoms with Crippen LogP contribution in [0.4, 0.5) is 0 Å². The first-order valence-corrected chi connectivity index (χ1v) is 18.7. The lowest BCUT2D eigenvalue weighted by molar-refractivity contribution is 1.17. The molecule has 3 heteroatoms. The Balaban J connectivity index is 1.28. The number of hydrogen-bond donors (Lipinski definition) is 0. The third-order valence-corrected chi connectivity index (χ3v) is 11.0. The van der Waals surface area contributed by atoms with Gasteiger partial charge in [-0.1, -0.05) is 164 Å². The van der Waals surface area contributed by atoms with Crippen molar-refractivity contribution in [3.05, 3.63) is 200 Å². The molecule has 0 saturated carbocycles. The maximum Gasteiger partial charge on any atom is 0.160 e. The van der Waals surface area contributed by atoms with Gasteiger partial charge in [-0.15, -0.1) is 0 Å². The normalized spacial score (nSPS) is 11.6. The summed E-state index contributed by atoms with van der Waals surface area (Å²) in [5.41, 5.74) is 10.7. The van der Waals surface area contributed by atoms with Crippen LogP contribution in [0.5, 0.6) is 0 Å². The molecule has 0 radical (unpaired) electrons. The highest BCUT2D eigenvalue weighted by molar-refractivity contribution is 6.29. The molecule has 0 aliphatic rings. The van der Waals surface area contributed by atoms with E-state index in [9.17, 15) is 0 Å². The summed E-state index contributed by atoms with van der Waals surface area (Å²) in [4.78, 5) is 10.6. The molecule has 0 saturated heterocycles. The highest BCUT2D eigenvalue weighted by Gasteiger charge is 2.20. The first kappa shape index (κ1) is 31.2. The van der Waals surface area contributed by atoms with Crippen LogP contribution in [0, 0.1) is 0 Å². The second kappa shape index (κ2) is 12.6. The largest absolute Gasteiger partial charge is 0.309 e. The summed E-state index contributed by atoms with van der Waals surface area (Å²) in [6.07, 6.45) is 0. The molecule has 0 bridgehead atoms. The lowest BCUT2D eigenvalue weighted by Gasteiger charge is -2.18. The van der Waals surface area contributed by atoms with Crippen molar-refractivity contribution in [2.75, 3.05) is 0 Å². The Kier molecular flexibility index (Phi) is 7.17. The van der Waals surface area contributed by atoms with E-state index < -0.39 is 0 Å². The van der Waals surface area contributed by atoms with Crippen molar-refractivity contribution in [2.24, 2.45) is 0 Å². The second-order valence-corrected chi connectivity index (χ2v) is 14.2. The maximum atomic E-state index is 5.41. The second-order valence-electron chi connectivity index (χ2n) is 14.2. The summed E-state index contributed by atoms with van der Waals surface area (Å²) in [6, 6.07) is 71.6. The maximum absolute atomic E-state index is 5.41. The number of fused-ring (bicyclic) bond motifs is 9. The third kappa shape index (κ3) is 5.13. The van der Waals surface area contributed by atoms with E-state index >= 15 is 0 Å². The van der Waals surface area contributed by atoms with Crippen molar-refractivity contribution in [1.29, 1.82) is 0 Å². The summed E-state index contributed by atoms with van der Waals surface area (Å²) in [7, 11) is 0. The molecule has 11 rings (SSSR count). The number of nitrogens with zero attached hydrogens (tertiary/aromatic N) is 3. The summed E-state index contributed by atoms with van der Waals surface area (Å²) in [5, 5.41) is 9.70. The molecule has 2 heterocycles. The standard InChI is InChI=1S/C52H33N3/c1-4-16-34(17-5-1)37-28-29-50-44(30-37)42-25-14-15-27-49(42)55(50)38-31-45-41-24-11-10-22-39(41)40-23-12-13-26-43(40)51(45)46(32-38)48-33-47(35-18-6-2-7-19-35)53-52(54-48)36-20-8-3-9-21-36/h1-33H. The molecule has 0 amide bonds. The van der Waals surface area contributed by atoms with Gasteiger partial charge >= 0.3 is 0 Å². The fraction of sp³-hybridized carbons (Fsp3) is 0. The molecular formula is C52H33N3. The van der Waals surface area contributed by atoms with Crippen molar-refractivity contribution in [2.45, 2.75) is 0 Å². The molecular weight excluding hydrogens is 667 g/mol.